The van der Waals surface area contributed by atoms with E-state index in [4.69, 9.17) is 10.00 Å². The van der Waals surface area contributed by atoms with Crippen LogP contribution in [0.3, 0.4) is 0 Å². The molecule has 1 saturated carbocycles. The molecule has 6 rings (SSSR count). The predicted molar refractivity (Wildman–Crippen MR) is 184 cm³/mol. The highest BCUT2D eigenvalue weighted by Crippen LogP contribution is 2.45. The molecule has 0 radical (unpaired) electrons. The fraction of sp³-hybridized carbons (Fsp3) is 0.657. The molecule has 49 heavy (non-hydrogen) atoms. The van der Waals surface area contributed by atoms with Gasteiger partial charge in [0, 0.05) is 56.8 Å². The Hall–Kier alpha value is -3.38. The molecule has 3 aliphatic heterocycles. The zero-order chi connectivity index (χ0) is 34.8. The summed E-state index contributed by atoms with van der Waals surface area (Å²) in [6.07, 6.45) is 9.60. The van der Waals surface area contributed by atoms with Crippen LogP contribution < -0.4 is 14.4 Å². The Bertz CT molecular complexity index is 1630. The molecule has 1 aromatic heterocycles. The lowest BCUT2D eigenvalue weighted by molar-refractivity contribution is 0.0617. The topological polar surface area (TPSA) is 135 Å². The van der Waals surface area contributed by atoms with Crippen LogP contribution in [0.25, 0.3) is 0 Å². The van der Waals surface area contributed by atoms with Crippen LogP contribution in [0.15, 0.2) is 30.7 Å². The molecule has 2 aromatic rings. The van der Waals surface area contributed by atoms with Crippen LogP contribution in [0.1, 0.15) is 76.1 Å². The minimum absolute atomic E-state index is 0.0372. The van der Waals surface area contributed by atoms with Crippen LogP contribution in [-0.4, -0.2) is 103 Å². The lowest BCUT2D eigenvalue weighted by Gasteiger charge is -2.54. The van der Waals surface area contributed by atoms with Gasteiger partial charge >= 0.3 is 0 Å². The summed E-state index contributed by atoms with van der Waals surface area (Å²) >= 11 is 0. The summed E-state index contributed by atoms with van der Waals surface area (Å²) in [6.45, 7) is 11.8. The summed E-state index contributed by atoms with van der Waals surface area (Å²) in [7, 11) is -3.54. The molecule has 1 aromatic carbocycles. The van der Waals surface area contributed by atoms with Crippen LogP contribution in [0.2, 0.25) is 0 Å². The van der Waals surface area contributed by atoms with E-state index in [1.54, 1.807) is 11.1 Å². The molecule has 3 saturated heterocycles. The van der Waals surface area contributed by atoms with Gasteiger partial charge in [-0.1, -0.05) is 0 Å². The van der Waals surface area contributed by atoms with Gasteiger partial charge in [-0.15, -0.1) is 0 Å². The smallest absolute Gasteiger partial charge is 0.279 e. The maximum Gasteiger partial charge on any atom is 0.279 e. The first kappa shape index (κ1) is 35.4. The van der Waals surface area contributed by atoms with Gasteiger partial charge in [-0.25, -0.2) is 14.4 Å². The Balaban J connectivity index is 0.986. The zero-order valence-electron chi connectivity index (χ0n) is 28.9. The number of hydrogen-bond acceptors (Lipinski definition) is 9. The van der Waals surface area contributed by atoms with Crippen LogP contribution in [0.4, 0.5) is 10.2 Å². The van der Waals surface area contributed by atoms with Gasteiger partial charge in [-0.2, -0.15) is 22.7 Å². The lowest BCUT2D eigenvalue weighted by atomic mass is 9.71. The first-order valence-electron chi connectivity index (χ1n) is 17.7. The Labute approximate surface area is 289 Å². The molecule has 14 heteroatoms. The molecule has 266 valence electrons. The number of aromatic nitrogens is 2. The molecular formula is C35H49FN8O4S. The average molecular weight is 697 g/mol. The molecule has 0 bridgehead atoms. The molecule has 12 nitrogen and oxygen atoms in total. The number of amides is 1. The largest absolute Gasteiger partial charge is 0.451 e. The number of rotatable bonds is 11. The molecule has 1 amide bonds. The van der Waals surface area contributed by atoms with Gasteiger partial charge in [-0.3, -0.25) is 4.79 Å². The van der Waals surface area contributed by atoms with E-state index >= 15 is 0 Å². The normalized spacial score (nSPS) is 24.5. The Morgan fingerprint density at radius 2 is 1.88 bits per heavy atom. The van der Waals surface area contributed by atoms with Crippen molar-refractivity contribution in [1.29, 1.82) is 5.26 Å². The predicted octanol–water partition coefficient (Wildman–Crippen LogP) is 4.42. The summed E-state index contributed by atoms with van der Waals surface area (Å²) in [5.41, 5.74) is 0.384. The van der Waals surface area contributed by atoms with Crippen molar-refractivity contribution in [3.63, 3.8) is 0 Å². The van der Waals surface area contributed by atoms with Crippen LogP contribution in [-0.2, 0) is 10.2 Å². The second-order valence-corrected chi connectivity index (χ2v) is 16.3. The number of anilines is 1. The monoisotopic (exact) mass is 696 g/mol. The quantitative estimate of drug-likeness (QED) is 0.362. The summed E-state index contributed by atoms with van der Waals surface area (Å²) in [6, 6.07) is 6.12. The van der Waals surface area contributed by atoms with Crippen LogP contribution in [0, 0.1) is 34.4 Å². The minimum Gasteiger partial charge on any atom is -0.451 e. The third-order valence-electron chi connectivity index (χ3n) is 10.9. The van der Waals surface area contributed by atoms with E-state index in [0.717, 1.165) is 71.2 Å². The van der Waals surface area contributed by atoms with Crippen molar-refractivity contribution in [3.05, 3.63) is 42.1 Å². The Kier molecular flexibility index (Phi) is 10.7. The van der Waals surface area contributed by atoms with Gasteiger partial charge in [0.25, 0.3) is 16.1 Å². The molecule has 1 spiro atoms. The number of hydrogen-bond donors (Lipinski definition) is 1. The first-order valence-corrected chi connectivity index (χ1v) is 19.2. The summed E-state index contributed by atoms with van der Waals surface area (Å²) in [4.78, 5) is 28.5. The summed E-state index contributed by atoms with van der Waals surface area (Å²) < 4.78 is 50.5. The third-order valence-corrected chi connectivity index (χ3v) is 12.5. The van der Waals surface area contributed by atoms with Crippen molar-refractivity contribution in [2.45, 2.75) is 77.8 Å². The van der Waals surface area contributed by atoms with Crippen molar-refractivity contribution < 1.29 is 22.3 Å². The lowest BCUT2D eigenvalue weighted by Crippen LogP contribution is -2.61. The number of carbonyl (C=O) groups is 1. The number of benzene rings is 1. The minimum atomic E-state index is -3.54. The average Bonchev–Trinajstić information content (AvgIpc) is 3.57. The second kappa shape index (κ2) is 14.8. The molecule has 1 aliphatic carbocycles. The third kappa shape index (κ3) is 8.01. The molecule has 4 fully saturated rings. The molecule has 4 aliphatic rings. The van der Waals surface area contributed by atoms with Crippen molar-refractivity contribution >= 4 is 21.9 Å². The van der Waals surface area contributed by atoms with Crippen LogP contribution in [0.5, 0.6) is 11.5 Å². The van der Waals surface area contributed by atoms with E-state index in [1.165, 1.54) is 28.8 Å². The number of halogens is 1. The summed E-state index contributed by atoms with van der Waals surface area (Å²) in [5.74, 6) is 0.954. The van der Waals surface area contributed by atoms with Gasteiger partial charge in [0.05, 0.1) is 23.7 Å². The molecule has 1 N–H and O–H groups in total. The molecular weight excluding hydrogens is 648 g/mol. The zero-order valence-corrected chi connectivity index (χ0v) is 29.7. The maximum atomic E-state index is 14.3. The van der Waals surface area contributed by atoms with Crippen molar-refractivity contribution in [2.75, 3.05) is 57.3 Å². The molecule has 1 unspecified atom stereocenters. The van der Waals surface area contributed by atoms with Gasteiger partial charge in [0.1, 0.15) is 17.9 Å². The van der Waals surface area contributed by atoms with Crippen molar-refractivity contribution in [3.8, 4) is 17.6 Å². The van der Waals surface area contributed by atoms with E-state index in [0.29, 0.717) is 43.5 Å². The highest BCUT2D eigenvalue weighted by atomic mass is 32.2. The van der Waals surface area contributed by atoms with E-state index in [2.05, 4.69) is 30.6 Å². The highest BCUT2D eigenvalue weighted by molar-refractivity contribution is 7.87. The first-order chi connectivity index (χ1) is 23.5. The van der Waals surface area contributed by atoms with E-state index in [1.807, 2.05) is 20.8 Å². The van der Waals surface area contributed by atoms with Crippen molar-refractivity contribution in [2.24, 2.45) is 17.3 Å². The van der Waals surface area contributed by atoms with E-state index < -0.39 is 16.0 Å². The number of carbonyl (C=O) groups excluding carboxylic acids is 1. The van der Waals surface area contributed by atoms with Gasteiger partial charge in [-0.05, 0) is 103 Å². The number of likely N-dealkylation sites (tertiary alicyclic amines) is 1. The van der Waals surface area contributed by atoms with E-state index in [-0.39, 0.29) is 40.6 Å². The highest BCUT2D eigenvalue weighted by Gasteiger charge is 2.46. The van der Waals surface area contributed by atoms with Gasteiger partial charge < -0.3 is 19.4 Å². The number of nitrogens with zero attached hydrogens (tertiary/aromatic N) is 7. The molecule has 1 atom stereocenters. The van der Waals surface area contributed by atoms with Crippen molar-refractivity contribution in [1.82, 2.24) is 28.8 Å². The van der Waals surface area contributed by atoms with Crippen LogP contribution >= 0.6 is 0 Å². The molecule has 4 heterocycles. The second-order valence-electron chi connectivity index (χ2n) is 14.6. The SMILES string of the molecule is CCN(C(=O)c1cc(F)ccc1Oc1cncnc1N1CC2(CCN(CC3CCC(NS(=O)(=O)N4CCC(C#N)C4)CC3)CC2)C1)C(C)C. The Morgan fingerprint density at radius 3 is 2.53 bits per heavy atom. The maximum absolute atomic E-state index is 14.3. The number of piperidine rings is 1. The fourth-order valence-corrected chi connectivity index (χ4v) is 9.53. The Morgan fingerprint density at radius 1 is 1.14 bits per heavy atom. The fourth-order valence-electron chi connectivity index (χ4n) is 8.00. The van der Waals surface area contributed by atoms with Gasteiger partial charge in [0.15, 0.2) is 11.6 Å². The number of nitriles is 1. The van der Waals surface area contributed by atoms with E-state index in [9.17, 15) is 17.6 Å². The van der Waals surface area contributed by atoms with Gasteiger partial charge in [0.2, 0.25) is 0 Å². The number of nitrogens with one attached hydrogen (secondary N) is 1. The summed E-state index contributed by atoms with van der Waals surface area (Å²) in [5, 5.41) is 9.13. The standard InChI is InChI=1S/C35H49FN8O4S/c1-4-44(25(2)3)34(45)30-17-28(36)7-10-31(30)48-32-19-38-24-39-33(32)42-22-35(23-42)12-15-41(16-13-35)20-26-5-8-29(9-6-26)40-49(46,47)43-14-11-27(18-37)21-43/h7,10,17,19,24-27,29,40H,4-6,8-9,11-16,20-23H2,1-3H3. The number of ether oxygens (including phenoxy) is 1.